The Bertz CT molecular complexity index is 1190. The maximum absolute atomic E-state index is 14.3. The average Bonchev–Trinajstić information content (AvgIpc) is 3.31. The molecule has 2 N–H and O–H groups in total. The molecule has 0 saturated carbocycles. The van der Waals surface area contributed by atoms with Crippen molar-refractivity contribution in [2.24, 2.45) is 0 Å². The number of hydrogen-bond donors (Lipinski definition) is 2. The van der Waals surface area contributed by atoms with Crippen molar-refractivity contribution >= 4 is 16.6 Å². The van der Waals surface area contributed by atoms with Crippen LogP contribution in [0.1, 0.15) is 11.4 Å². The number of rotatable bonds is 7. The summed E-state index contributed by atoms with van der Waals surface area (Å²) in [6.07, 6.45) is 6.25. The van der Waals surface area contributed by atoms with Crippen molar-refractivity contribution in [1.82, 2.24) is 20.3 Å². The maximum Gasteiger partial charge on any atom is 0.141 e. The van der Waals surface area contributed by atoms with Gasteiger partial charge in [-0.1, -0.05) is 12.1 Å². The fourth-order valence-corrected chi connectivity index (χ4v) is 4.26. The first-order chi connectivity index (χ1) is 15.8. The van der Waals surface area contributed by atoms with Crippen LogP contribution in [0, 0.1) is 5.82 Å². The Balaban J connectivity index is 1.41. The average molecular weight is 432 g/mol. The van der Waals surface area contributed by atoms with E-state index in [0.29, 0.717) is 6.54 Å². The third-order valence-electron chi connectivity index (χ3n) is 5.86. The van der Waals surface area contributed by atoms with Crippen LogP contribution in [0.3, 0.4) is 0 Å². The Morgan fingerprint density at radius 2 is 1.91 bits per heavy atom. The van der Waals surface area contributed by atoms with E-state index < -0.39 is 0 Å². The largest absolute Gasteiger partial charge is 0.378 e. The van der Waals surface area contributed by atoms with E-state index in [1.807, 2.05) is 18.3 Å². The number of anilines is 1. The molecule has 1 aliphatic heterocycles. The Labute approximate surface area is 186 Å². The molecule has 6 nitrogen and oxygen atoms in total. The predicted molar refractivity (Wildman–Crippen MR) is 124 cm³/mol. The molecule has 32 heavy (non-hydrogen) atoms. The Morgan fingerprint density at radius 1 is 1.06 bits per heavy atom. The number of fused-ring (bicyclic) bond motifs is 1. The number of halogens is 1. The van der Waals surface area contributed by atoms with Crippen molar-refractivity contribution < 1.29 is 9.13 Å². The first kappa shape index (κ1) is 20.6. The number of hydrogen-bond acceptors (Lipinski definition) is 5. The summed E-state index contributed by atoms with van der Waals surface area (Å²) >= 11 is 0. The zero-order valence-electron chi connectivity index (χ0n) is 17.9. The van der Waals surface area contributed by atoms with Gasteiger partial charge in [0.15, 0.2) is 0 Å². The van der Waals surface area contributed by atoms with Gasteiger partial charge < -0.3 is 19.9 Å². The lowest BCUT2D eigenvalue weighted by atomic mass is 9.97. The molecule has 0 amide bonds. The van der Waals surface area contributed by atoms with Gasteiger partial charge in [-0.25, -0.2) is 14.4 Å². The van der Waals surface area contributed by atoms with Gasteiger partial charge in [0.2, 0.25) is 0 Å². The Hall–Kier alpha value is -3.29. The summed E-state index contributed by atoms with van der Waals surface area (Å²) in [6, 6.07) is 13.4. The molecular weight excluding hydrogens is 405 g/mol. The van der Waals surface area contributed by atoms with Crippen LogP contribution in [-0.2, 0) is 17.7 Å². The van der Waals surface area contributed by atoms with E-state index in [1.54, 1.807) is 18.5 Å². The highest BCUT2D eigenvalue weighted by Gasteiger charge is 2.17. The van der Waals surface area contributed by atoms with Crippen molar-refractivity contribution in [3.63, 3.8) is 0 Å². The molecule has 4 aromatic rings. The van der Waals surface area contributed by atoms with Crippen molar-refractivity contribution in [3.05, 3.63) is 78.3 Å². The number of nitrogens with one attached hydrogen (secondary N) is 2. The number of aromatic nitrogens is 3. The van der Waals surface area contributed by atoms with Crippen LogP contribution in [0.2, 0.25) is 0 Å². The number of ether oxygens (including phenoxy) is 1. The van der Waals surface area contributed by atoms with Gasteiger partial charge in [-0.15, -0.1) is 0 Å². The summed E-state index contributed by atoms with van der Waals surface area (Å²) in [7, 11) is 0. The summed E-state index contributed by atoms with van der Waals surface area (Å²) in [6.45, 7) is 4.59. The van der Waals surface area contributed by atoms with Crippen molar-refractivity contribution in [1.29, 1.82) is 0 Å². The number of nitrogens with zero attached hydrogens (tertiary/aromatic N) is 3. The molecule has 0 aliphatic carbocycles. The van der Waals surface area contributed by atoms with E-state index in [1.165, 1.54) is 17.3 Å². The number of aromatic amines is 1. The van der Waals surface area contributed by atoms with Gasteiger partial charge in [0.1, 0.15) is 11.6 Å². The number of morpholine rings is 1. The van der Waals surface area contributed by atoms with Crippen LogP contribution in [0.5, 0.6) is 0 Å². The lowest BCUT2D eigenvalue weighted by Gasteiger charge is -2.31. The number of H-pyrrole nitrogens is 1. The molecule has 1 fully saturated rings. The van der Waals surface area contributed by atoms with Gasteiger partial charge in [-0.05, 0) is 60.0 Å². The molecule has 0 atom stereocenters. The lowest BCUT2D eigenvalue weighted by Crippen LogP contribution is -2.37. The van der Waals surface area contributed by atoms with Crippen LogP contribution in [0.15, 0.2) is 61.1 Å². The highest BCUT2D eigenvalue weighted by atomic mass is 19.1. The minimum Gasteiger partial charge on any atom is -0.378 e. The fraction of sp³-hybridized carbons (Fsp3) is 0.280. The fourth-order valence-electron chi connectivity index (χ4n) is 4.26. The van der Waals surface area contributed by atoms with Gasteiger partial charge in [0.25, 0.3) is 0 Å². The molecule has 0 radical (unpaired) electrons. The summed E-state index contributed by atoms with van der Waals surface area (Å²) in [4.78, 5) is 14.0. The molecule has 1 saturated heterocycles. The van der Waals surface area contributed by atoms with Crippen LogP contribution in [0.4, 0.5) is 10.1 Å². The third-order valence-corrected chi connectivity index (χ3v) is 5.86. The van der Waals surface area contributed by atoms with Crippen LogP contribution < -0.4 is 10.2 Å². The molecule has 0 unspecified atom stereocenters. The van der Waals surface area contributed by atoms with Gasteiger partial charge in [0.05, 0.1) is 19.8 Å². The van der Waals surface area contributed by atoms with Crippen molar-refractivity contribution in [3.8, 4) is 11.1 Å². The zero-order chi connectivity index (χ0) is 21.8. The predicted octanol–water partition coefficient (Wildman–Crippen LogP) is 3.93. The van der Waals surface area contributed by atoms with Crippen LogP contribution >= 0.6 is 0 Å². The second-order valence-corrected chi connectivity index (χ2v) is 7.93. The Morgan fingerprint density at radius 3 is 2.75 bits per heavy atom. The van der Waals surface area contributed by atoms with Gasteiger partial charge in [0, 0.05) is 48.3 Å². The minimum absolute atomic E-state index is 0.237. The van der Waals surface area contributed by atoms with E-state index in [0.717, 1.165) is 67.1 Å². The van der Waals surface area contributed by atoms with Crippen LogP contribution in [0.25, 0.3) is 22.0 Å². The molecule has 0 spiro atoms. The van der Waals surface area contributed by atoms with E-state index >= 15 is 0 Å². The molecule has 7 heteroatoms. The summed E-state index contributed by atoms with van der Waals surface area (Å²) < 4.78 is 19.8. The zero-order valence-corrected chi connectivity index (χ0v) is 17.9. The maximum atomic E-state index is 14.3. The van der Waals surface area contributed by atoms with E-state index in [2.05, 4.69) is 43.4 Å². The second-order valence-electron chi connectivity index (χ2n) is 7.93. The second kappa shape index (κ2) is 9.46. The molecule has 164 valence electrons. The van der Waals surface area contributed by atoms with E-state index in [-0.39, 0.29) is 5.82 Å². The van der Waals surface area contributed by atoms with E-state index in [9.17, 15) is 4.39 Å². The standard InChI is InChI=1S/C25H26FN5O/c26-20-15-22(21-5-9-28-23(21)16-20)19-3-2-18(24(14-19)31-10-12-32-13-11-31)4-8-27-17-25-29-6-1-7-30-25/h1-3,5-7,9,14-16,27-28H,4,8,10-13,17H2. The summed E-state index contributed by atoms with van der Waals surface area (Å²) in [5.41, 5.74) is 5.19. The van der Waals surface area contributed by atoms with Gasteiger partial charge in [-0.3, -0.25) is 0 Å². The first-order valence-corrected chi connectivity index (χ1v) is 11.0. The normalized spacial score (nSPS) is 14.2. The number of benzene rings is 2. The van der Waals surface area contributed by atoms with Crippen molar-refractivity contribution in [2.45, 2.75) is 13.0 Å². The topological polar surface area (TPSA) is 66.1 Å². The first-order valence-electron chi connectivity index (χ1n) is 11.0. The highest BCUT2D eigenvalue weighted by molar-refractivity contribution is 5.95. The SMILES string of the molecule is Fc1cc(-c2ccc(CCNCc3ncccn3)c(N3CCOCC3)c2)c2cc[nH]c2c1. The van der Waals surface area contributed by atoms with Gasteiger partial charge >= 0.3 is 0 Å². The summed E-state index contributed by atoms with van der Waals surface area (Å²) in [5, 5.41) is 4.46. The minimum atomic E-state index is -0.237. The highest BCUT2D eigenvalue weighted by Crippen LogP contribution is 2.34. The summed E-state index contributed by atoms with van der Waals surface area (Å²) in [5.74, 6) is 0.553. The third kappa shape index (κ3) is 4.49. The smallest absolute Gasteiger partial charge is 0.141 e. The van der Waals surface area contributed by atoms with Gasteiger partial charge in [-0.2, -0.15) is 0 Å². The Kier molecular flexibility index (Phi) is 6.09. The van der Waals surface area contributed by atoms with E-state index in [4.69, 9.17) is 4.74 Å². The van der Waals surface area contributed by atoms with Crippen molar-refractivity contribution in [2.75, 3.05) is 37.7 Å². The molecule has 2 aromatic heterocycles. The monoisotopic (exact) mass is 431 g/mol. The molecule has 0 bridgehead atoms. The molecule has 1 aliphatic rings. The molecular formula is C25H26FN5O. The molecule has 5 rings (SSSR count). The molecule has 3 heterocycles. The lowest BCUT2D eigenvalue weighted by molar-refractivity contribution is 0.122. The van der Waals surface area contributed by atoms with Crippen LogP contribution in [-0.4, -0.2) is 47.8 Å². The quantitative estimate of drug-likeness (QED) is 0.434. The molecule has 2 aromatic carbocycles.